The molecule has 1 aromatic rings. The van der Waals surface area contributed by atoms with Crippen LogP contribution in [0.15, 0.2) is 0 Å². The Kier molecular flexibility index (Phi) is 4.81. The van der Waals surface area contributed by atoms with E-state index in [0.717, 1.165) is 0 Å². The molecule has 9 heteroatoms. The number of carboxylic acids is 1. The molecular weight excluding hydrogens is 266 g/mol. The Morgan fingerprint density at radius 2 is 2.00 bits per heavy atom. The normalized spacial score (nSPS) is 12.2. The second-order valence-corrected chi connectivity index (χ2v) is 4.57. The van der Waals surface area contributed by atoms with E-state index in [9.17, 15) is 14.4 Å². The standard InChI is InChI=1S/C11H17N5O4/c1-4(2)7-8(9(10(13)19)16-15-7)14-11(20)5(12)3-6(17)18/h4-5H,3,12H2,1-2H3,(H2,13,19)(H,14,20)(H,15,16)(H,17,18)/t5-/m0/s1. The molecule has 1 atom stereocenters. The lowest BCUT2D eigenvalue weighted by atomic mass is 10.1. The fraction of sp³-hybridized carbons (Fsp3) is 0.455. The van der Waals surface area contributed by atoms with Crippen LogP contribution >= 0.6 is 0 Å². The maximum Gasteiger partial charge on any atom is 0.305 e. The molecule has 0 aliphatic heterocycles. The highest BCUT2D eigenvalue weighted by Gasteiger charge is 2.24. The molecule has 0 spiro atoms. The number of anilines is 1. The number of primary amides is 1. The molecule has 0 aromatic carbocycles. The van der Waals surface area contributed by atoms with Gasteiger partial charge in [-0.25, -0.2) is 0 Å². The van der Waals surface area contributed by atoms with Crippen molar-refractivity contribution in [2.45, 2.75) is 32.2 Å². The van der Waals surface area contributed by atoms with Gasteiger partial charge in [0.15, 0.2) is 5.69 Å². The van der Waals surface area contributed by atoms with Crippen molar-refractivity contribution in [3.63, 3.8) is 0 Å². The fourth-order valence-electron chi connectivity index (χ4n) is 1.57. The first-order valence-electron chi connectivity index (χ1n) is 5.90. The van der Waals surface area contributed by atoms with Gasteiger partial charge in [-0.3, -0.25) is 19.5 Å². The lowest BCUT2D eigenvalue weighted by Gasteiger charge is -2.12. The summed E-state index contributed by atoms with van der Waals surface area (Å²) in [5.74, 6) is -2.78. The average Bonchev–Trinajstić information content (AvgIpc) is 2.71. The zero-order valence-corrected chi connectivity index (χ0v) is 11.1. The SMILES string of the molecule is CC(C)c1[nH]nc(C(N)=O)c1NC(=O)[C@@H](N)CC(=O)O. The van der Waals surface area contributed by atoms with Gasteiger partial charge in [-0.15, -0.1) is 0 Å². The largest absolute Gasteiger partial charge is 0.481 e. The number of hydrogen-bond donors (Lipinski definition) is 5. The Bertz CT molecular complexity index is 537. The highest BCUT2D eigenvalue weighted by Crippen LogP contribution is 2.25. The molecular formula is C11H17N5O4. The second-order valence-electron chi connectivity index (χ2n) is 4.57. The molecule has 1 heterocycles. The zero-order chi connectivity index (χ0) is 15.4. The van der Waals surface area contributed by atoms with Crippen molar-refractivity contribution in [2.75, 3.05) is 5.32 Å². The second kappa shape index (κ2) is 6.15. The number of carbonyl (C=O) groups excluding carboxylic acids is 2. The number of rotatable bonds is 6. The molecule has 9 nitrogen and oxygen atoms in total. The van der Waals surface area contributed by atoms with Gasteiger partial charge in [-0.1, -0.05) is 13.8 Å². The number of H-pyrrole nitrogens is 1. The molecule has 0 fully saturated rings. The van der Waals surface area contributed by atoms with Crippen molar-refractivity contribution >= 4 is 23.5 Å². The van der Waals surface area contributed by atoms with Gasteiger partial charge in [0.1, 0.15) is 0 Å². The third-order valence-corrected chi connectivity index (χ3v) is 2.58. The lowest BCUT2D eigenvalue weighted by molar-refractivity contribution is -0.138. The summed E-state index contributed by atoms with van der Waals surface area (Å²) in [4.78, 5) is 33.6. The maximum absolute atomic E-state index is 11.8. The Balaban J connectivity index is 3.00. The molecule has 2 amide bonds. The third-order valence-electron chi connectivity index (χ3n) is 2.58. The number of nitrogens with two attached hydrogens (primary N) is 2. The van der Waals surface area contributed by atoms with Gasteiger partial charge in [-0.2, -0.15) is 5.10 Å². The van der Waals surface area contributed by atoms with Gasteiger partial charge in [-0.05, 0) is 5.92 Å². The summed E-state index contributed by atoms with van der Waals surface area (Å²) < 4.78 is 0. The van der Waals surface area contributed by atoms with E-state index < -0.39 is 30.2 Å². The number of aromatic nitrogens is 2. The predicted octanol–water partition coefficient (Wildman–Crippen LogP) is -0.627. The summed E-state index contributed by atoms with van der Waals surface area (Å²) in [5.41, 5.74) is 11.1. The van der Waals surface area contributed by atoms with Crippen LogP contribution in [-0.2, 0) is 9.59 Å². The predicted molar refractivity (Wildman–Crippen MR) is 70.1 cm³/mol. The number of aromatic amines is 1. The molecule has 7 N–H and O–H groups in total. The Labute approximate surface area is 114 Å². The van der Waals surface area contributed by atoms with E-state index in [1.807, 2.05) is 13.8 Å². The van der Waals surface area contributed by atoms with Crippen LogP contribution in [0.25, 0.3) is 0 Å². The van der Waals surface area contributed by atoms with Gasteiger partial charge in [0.2, 0.25) is 5.91 Å². The highest BCUT2D eigenvalue weighted by atomic mass is 16.4. The first-order valence-corrected chi connectivity index (χ1v) is 5.90. The topological polar surface area (TPSA) is 164 Å². The number of carboxylic acid groups (broad SMARTS) is 1. The molecule has 1 rings (SSSR count). The van der Waals surface area contributed by atoms with Crippen molar-refractivity contribution in [2.24, 2.45) is 11.5 Å². The van der Waals surface area contributed by atoms with Crippen LogP contribution in [0.4, 0.5) is 5.69 Å². The van der Waals surface area contributed by atoms with Gasteiger partial charge < -0.3 is 21.9 Å². The van der Waals surface area contributed by atoms with Gasteiger partial charge >= 0.3 is 5.97 Å². The van der Waals surface area contributed by atoms with Crippen molar-refractivity contribution in [1.82, 2.24) is 10.2 Å². The molecule has 0 saturated heterocycles. The van der Waals surface area contributed by atoms with E-state index in [2.05, 4.69) is 15.5 Å². The van der Waals surface area contributed by atoms with E-state index in [1.54, 1.807) is 0 Å². The van der Waals surface area contributed by atoms with E-state index in [0.29, 0.717) is 5.69 Å². The van der Waals surface area contributed by atoms with Crippen LogP contribution in [0.1, 0.15) is 42.4 Å². The smallest absolute Gasteiger partial charge is 0.305 e. The molecule has 0 aliphatic rings. The molecule has 110 valence electrons. The summed E-state index contributed by atoms with van der Waals surface area (Å²) in [6.07, 6.45) is -0.521. The molecule has 0 radical (unpaired) electrons. The van der Waals surface area contributed by atoms with Gasteiger partial charge in [0.05, 0.1) is 23.8 Å². The number of carbonyl (C=O) groups is 3. The lowest BCUT2D eigenvalue weighted by Crippen LogP contribution is -2.38. The molecule has 20 heavy (non-hydrogen) atoms. The van der Waals surface area contributed by atoms with Crippen molar-refractivity contribution in [1.29, 1.82) is 0 Å². The van der Waals surface area contributed by atoms with Gasteiger partial charge in [0.25, 0.3) is 5.91 Å². The van der Waals surface area contributed by atoms with Crippen LogP contribution in [0.3, 0.4) is 0 Å². The van der Waals surface area contributed by atoms with E-state index >= 15 is 0 Å². The minimum absolute atomic E-state index is 0.0541. The van der Waals surface area contributed by atoms with Crippen LogP contribution in [0.2, 0.25) is 0 Å². The summed E-state index contributed by atoms with van der Waals surface area (Å²) >= 11 is 0. The summed E-state index contributed by atoms with van der Waals surface area (Å²) in [5, 5.41) is 17.4. The minimum Gasteiger partial charge on any atom is -0.481 e. The van der Waals surface area contributed by atoms with Crippen LogP contribution < -0.4 is 16.8 Å². The van der Waals surface area contributed by atoms with E-state index in [1.165, 1.54) is 0 Å². The summed E-state index contributed by atoms with van der Waals surface area (Å²) in [6, 6.07) is -1.23. The number of aliphatic carboxylic acids is 1. The van der Waals surface area contributed by atoms with Crippen LogP contribution in [-0.4, -0.2) is 39.1 Å². The number of hydrogen-bond acceptors (Lipinski definition) is 5. The Hall–Kier alpha value is -2.42. The van der Waals surface area contributed by atoms with Gasteiger partial charge in [0, 0.05) is 0 Å². The first kappa shape index (κ1) is 15.6. The quantitative estimate of drug-likeness (QED) is 0.466. The van der Waals surface area contributed by atoms with E-state index in [4.69, 9.17) is 16.6 Å². The highest BCUT2D eigenvalue weighted by molar-refractivity contribution is 6.04. The van der Waals surface area contributed by atoms with E-state index in [-0.39, 0.29) is 17.3 Å². The van der Waals surface area contributed by atoms with Crippen molar-refractivity contribution in [3.8, 4) is 0 Å². The summed E-state index contributed by atoms with van der Waals surface area (Å²) in [7, 11) is 0. The third kappa shape index (κ3) is 3.54. The molecule has 0 bridgehead atoms. The number of amides is 2. The molecule has 0 unspecified atom stereocenters. The van der Waals surface area contributed by atoms with Crippen LogP contribution in [0.5, 0.6) is 0 Å². The number of nitrogens with zero attached hydrogens (tertiary/aromatic N) is 1. The zero-order valence-electron chi connectivity index (χ0n) is 11.1. The first-order chi connectivity index (χ1) is 9.23. The van der Waals surface area contributed by atoms with Crippen LogP contribution in [0, 0.1) is 0 Å². The summed E-state index contributed by atoms with van der Waals surface area (Å²) in [6.45, 7) is 3.65. The van der Waals surface area contributed by atoms with Crippen molar-refractivity contribution < 1.29 is 19.5 Å². The molecule has 0 saturated carbocycles. The molecule has 0 aliphatic carbocycles. The Morgan fingerprint density at radius 3 is 2.45 bits per heavy atom. The monoisotopic (exact) mass is 283 g/mol. The minimum atomic E-state index is -1.23. The molecule has 1 aromatic heterocycles. The Morgan fingerprint density at radius 1 is 1.40 bits per heavy atom. The number of nitrogens with one attached hydrogen (secondary N) is 2. The maximum atomic E-state index is 11.8. The fourth-order valence-corrected chi connectivity index (χ4v) is 1.57. The average molecular weight is 283 g/mol. The van der Waals surface area contributed by atoms with Crippen molar-refractivity contribution in [3.05, 3.63) is 11.4 Å².